The highest BCUT2D eigenvalue weighted by Gasteiger charge is 2.04. The predicted molar refractivity (Wildman–Crippen MR) is 83.1 cm³/mol. The molecule has 0 aliphatic rings. The SMILES string of the molecule is COCCNCc1cc(OCc2cn(C)nn2)ccc1Br. The zero-order valence-electron chi connectivity index (χ0n) is 12.2. The number of hydrogen-bond acceptors (Lipinski definition) is 5. The van der Waals surface area contributed by atoms with Gasteiger partial charge in [0.1, 0.15) is 18.1 Å². The van der Waals surface area contributed by atoms with Crippen molar-refractivity contribution >= 4 is 15.9 Å². The quantitative estimate of drug-likeness (QED) is 0.733. The van der Waals surface area contributed by atoms with Crippen LogP contribution in [0.3, 0.4) is 0 Å². The number of halogens is 1. The van der Waals surface area contributed by atoms with Gasteiger partial charge in [0.2, 0.25) is 0 Å². The van der Waals surface area contributed by atoms with Crippen LogP contribution in [0.4, 0.5) is 0 Å². The number of aromatic nitrogens is 3. The molecule has 0 atom stereocenters. The Hall–Kier alpha value is -1.44. The first-order chi connectivity index (χ1) is 10.2. The van der Waals surface area contributed by atoms with Gasteiger partial charge in [-0.25, -0.2) is 0 Å². The van der Waals surface area contributed by atoms with Gasteiger partial charge in [-0.15, -0.1) is 5.10 Å². The summed E-state index contributed by atoms with van der Waals surface area (Å²) >= 11 is 3.55. The molecule has 0 saturated heterocycles. The molecular weight excluding hydrogens is 336 g/mol. The molecule has 0 aliphatic heterocycles. The molecule has 1 heterocycles. The maximum atomic E-state index is 5.74. The van der Waals surface area contributed by atoms with Gasteiger partial charge in [0.15, 0.2) is 0 Å². The molecule has 2 aromatic rings. The zero-order chi connectivity index (χ0) is 15.1. The molecule has 0 amide bonds. The second-order valence-electron chi connectivity index (χ2n) is 4.60. The van der Waals surface area contributed by atoms with Crippen molar-refractivity contribution in [3.63, 3.8) is 0 Å². The van der Waals surface area contributed by atoms with Crippen LogP contribution in [0.2, 0.25) is 0 Å². The number of rotatable bonds is 8. The van der Waals surface area contributed by atoms with Crippen molar-refractivity contribution in [1.82, 2.24) is 20.3 Å². The van der Waals surface area contributed by atoms with Crippen LogP contribution in [0.25, 0.3) is 0 Å². The van der Waals surface area contributed by atoms with Gasteiger partial charge in [-0.1, -0.05) is 21.1 Å². The summed E-state index contributed by atoms with van der Waals surface area (Å²) in [6.45, 7) is 2.67. The Kier molecular flexibility index (Phi) is 6.16. The summed E-state index contributed by atoms with van der Waals surface area (Å²) in [5.74, 6) is 0.812. The first kappa shape index (κ1) is 15.9. The van der Waals surface area contributed by atoms with E-state index in [4.69, 9.17) is 9.47 Å². The van der Waals surface area contributed by atoms with Gasteiger partial charge in [-0.3, -0.25) is 4.68 Å². The van der Waals surface area contributed by atoms with Crippen molar-refractivity contribution in [2.75, 3.05) is 20.3 Å². The lowest BCUT2D eigenvalue weighted by Crippen LogP contribution is -2.18. The molecule has 0 bridgehead atoms. The fourth-order valence-corrected chi connectivity index (χ4v) is 2.18. The fourth-order valence-electron chi connectivity index (χ4n) is 1.79. The Morgan fingerprint density at radius 2 is 2.24 bits per heavy atom. The topological polar surface area (TPSA) is 61.2 Å². The van der Waals surface area contributed by atoms with E-state index in [9.17, 15) is 0 Å². The number of benzene rings is 1. The van der Waals surface area contributed by atoms with Crippen molar-refractivity contribution in [1.29, 1.82) is 0 Å². The third-order valence-corrected chi connectivity index (χ3v) is 3.63. The van der Waals surface area contributed by atoms with E-state index in [-0.39, 0.29) is 0 Å². The lowest BCUT2D eigenvalue weighted by molar-refractivity contribution is 0.199. The minimum atomic E-state index is 0.409. The molecule has 2 rings (SSSR count). The molecule has 6 nitrogen and oxygen atoms in total. The van der Waals surface area contributed by atoms with E-state index < -0.39 is 0 Å². The molecule has 0 saturated carbocycles. The van der Waals surface area contributed by atoms with Crippen LogP contribution < -0.4 is 10.1 Å². The summed E-state index contributed by atoms with van der Waals surface area (Å²) in [5.41, 5.74) is 1.95. The van der Waals surface area contributed by atoms with Crippen LogP contribution in [0.15, 0.2) is 28.9 Å². The van der Waals surface area contributed by atoms with Crippen LogP contribution in [-0.4, -0.2) is 35.3 Å². The normalized spacial score (nSPS) is 10.8. The van der Waals surface area contributed by atoms with Crippen LogP contribution in [0.5, 0.6) is 5.75 Å². The van der Waals surface area contributed by atoms with Gasteiger partial charge in [-0.05, 0) is 23.8 Å². The van der Waals surface area contributed by atoms with E-state index in [0.717, 1.165) is 34.6 Å². The molecule has 0 spiro atoms. The summed E-state index contributed by atoms with van der Waals surface area (Å²) in [7, 11) is 3.53. The number of nitrogens with one attached hydrogen (secondary N) is 1. The smallest absolute Gasteiger partial charge is 0.134 e. The number of nitrogens with zero attached hydrogens (tertiary/aromatic N) is 3. The molecular formula is C14H19BrN4O2. The summed E-state index contributed by atoms with van der Waals surface area (Å²) in [4.78, 5) is 0. The maximum Gasteiger partial charge on any atom is 0.134 e. The van der Waals surface area contributed by atoms with Crippen LogP contribution in [-0.2, 0) is 24.9 Å². The van der Waals surface area contributed by atoms with Crippen LogP contribution in [0, 0.1) is 0 Å². The number of ether oxygens (including phenoxy) is 2. The Labute approximate surface area is 132 Å². The monoisotopic (exact) mass is 354 g/mol. The third kappa shape index (κ3) is 5.11. The summed E-state index contributed by atoms with van der Waals surface area (Å²) in [6, 6.07) is 5.93. The van der Waals surface area contributed by atoms with Gasteiger partial charge >= 0.3 is 0 Å². The summed E-state index contributed by atoms with van der Waals surface area (Å²) in [5, 5.41) is 11.2. The van der Waals surface area contributed by atoms with Gasteiger partial charge in [0.25, 0.3) is 0 Å². The minimum Gasteiger partial charge on any atom is -0.487 e. The molecule has 0 fully saturated rings. The highest BCUT2D eigenvalue weighted by Crippen LogP contribution is 2.23. The molecule has 7 heteroatoms. The molecule has 114 valence electrons. The molecule has 1 N–H and O–H groups in total. The number of hydrogen-bond donors (Lipinski definition) is 1. The molecule has 0 unspecified atom stereocenters. The van der Waals surface area contributed by atoms with Gasteiger partial charge in [0, 0.05) is 31.7 Å². The average Bonchev–Trinajstić information content (AvgIpc) is 2.89. The van der Waals surface area contributed by atoms with E-state index in [2.05, 4.69) is 31.6 Å². The van der Waals surface area contributed by atoms with E-state index in [0.29, 0.717) is 13.2 Å². The second-order valence-corrected chi connectivity index (χ2v) is 5.45. The molecule has 1 aromatic heterocycles. The molecule has 21 heavy (non-hydrogen) atoms. The Morgan fingerprint density at radius 1 is 1.38 bits per heavy atom. The minimum absolute atomic E-state index is 0.409. The first-order valence-electron chi connectivity index (χ1n) is 6.65. The van der Waals surface area contributed by atoms with Crippen molar-refractivity contribution < 1.29 is 9.47 Å². The summed E-state index contributed by atoms with van der Waals surface area (Å²) in [6.07, 6.45) is 1.84. The fraction of sp³-hybridized carbons (Fsp3) is 0.429. The van der Waals surface area contributed by atoms with Crippen LogP contribution >= 0.6 is 15.9 Å². The molecule has 0 aliphatic carbocycles. The molecule has 0 radical (unpaired) electrons. The van der Waals surface area contributed by atoms with Crippen molar-refractivity contribution in [2.24, 2.45) is 7.05 Å². The van der Waals surface area contributed by atoms with E-state index >= 15 is 0 Å². The van der Waals surface area contributed by atoms with Crippen molar-refractivity contribution in [3.8, 4) is 5.75 Å². The number of methoxy groups -OCH3 is 1. The second kappa shape index (κ2) is 8.11. The highest BCUT2D eigenvalue weighted by molar-refractivity contribution is 9.10. The predicted octanol–water partition coefficient (Wildman–Crippen LogP) is 1.89. The van der Waals surface area contributed by atoms with E-state index in [1.165, 1.54) is 0 Å². The lowest BCUT2D eigenvalue weighted by atomic mass is 10.2. The highest BCUT2D eigenvalue weighted by atomic mass is 79.9. The van der Waals surface area contributed by atoms with Crippen molar-refractivity contribution in [3.05, 3.63) is 40.1 Å². The third-order valence-electron chi connectivity index (χ3n) is 2.85. The van der Waals surface area contributed by atoms with Crippen LogP contribution in [0.1, 0.15) is 11.3 Å². The Balaban J connectivity index is 1.91. The molecule has 1 aromatic carbocycles. The number of aryl methyl sites for hydroxylation is 1. The average molecular weight is 355 g/mol. The van der Waals surface area contributed by atoms with Crippen molar-refractivity contribution in [2.45, 2.75) is 13.2 Å². The Morgan fingerprint density at radius 3 is 2.95 bits per heavy atom. The lowest BCUT2D eigenvalue weighted by Gasteiger charge is -2.10. The van der Waals surface area contributed by atoms with Gasteiger partial charge < -0.3 is 14.8 Å². The van der Waals surface area contributed by atoms with Gasteiger partial charge in [0.05, 0.1) is 12.8 Å². The standard InChI is InChI=1S/C14H19BrN4O2/c1-19-9-12(17-18-19)10-21-13-3-4-14(15)11(7-13)8-16-5-6-20-2/h3-4,7,9,16H,5-6,8,10H2,1-2H3. The van der Waals surface area contributed by atoms with E-state index in [1.807, 2.05) is 31.4 Å². The Bertz CT molecular complexity index is 574. The largest absolute Gasteiger partial charge is 0.487 e. The van der Waals surface area contributed by atoms with Gasteiger partial charge in [-0.2, -0.15) is 0 Å². The van der Waals surface area contributed by atoms with E-state index in [1.54, 1.807) is 11.8 Å². The summed E-state index contributed by atoms with van der Waals surface area (Å²) < 4.78 is 13.5. The maximum absolute atomic E-state index is 5.74. The zero-order valence-corrected chi connectivity index (χ0v) is 13.8. The first-order valence-corrected chi connectivity index (χ1v) is 7.44.